The maximum absolute atomic E-state index is 13.3. The van der Waals surface area contributed by atoms with Crippen LogP contribution in [0.15, 0.2) is 30.3 Å². The average Bonchev–Trinajstić information content (AvgIpc) is 3.28. The molecule has 9 heteroatoms. The van der Waals surface area contributed by atoms with Gasteiger partial charge in [0.15, 0.2) is 11.5 Å². The Morgan fingerprint density at radius 1 is 1.10 bits per heavy atom. The van der Waals surface area contributed by atoms with E-state index in [1.54, 1.807) is 42.3 Å². The molecule has 4 N–H and O–H groups in total. The number of carbonyl (C=O) groups excluding carboxylic acids is 1. The van der Waals surface area contributed by atoms with Crippen LogP contribution in [0.5, 0.6) is 17.2 Å². The lowest BCUT2D eigenvalue weighted by Gasteiger charge is -2.31. The van der Waals surface area contributed by atoms with Crippen molar-refractivity contribution in [3.63, 3.8) is 0 Å². The Labute approximate surface area is 185 Å². The molecule has 2 saturated heterocycles. The number of carbonyl (C=O) groups is 1. The minimum atomic E-state index is -0.494. The molecule has 1 amide bonds. The second-order valence-electron chi connectivity index (χ2n) is 7.88. The first-order valence-electron chi connectivity index (χ1n) is 10.0. The van der Waals surface area contributed by atoms with E-state index in [9.17, 15) is 15.0 Å². The number of phenolic OH excluding ortho intramolecular Hbond substituents is 2. The number of nitrogens with one attached hydrogen (secondary N) is 2. The number of benzene rings is 2. The molecule has 2 fully saturated rings. The zero-order valence-electron chi connectivity index (χ0n) is 17.6. The number of hydrogen-bond acceptors (Lipinski definition) is 7. The number of methoxy groups -OCH3 is 2. The Hall–Kier alpha value is -2.52. The van der Waals surface area contributed by atoms with E-state index in [2.05, 4.69) is 10.9 Å². The molecule has 8 nitrogen and oxygen atoms in total. The third-order valence-corrected chi connectivity index (χ3v) is 6.55. The fourth-order valence-corrected chi connectivity index (χ4v) is 4.79. The van der Waals surface area contributed by atoms with E-state index in [4.69, 9.17) is 21.1 Å². The lowest BCUT2D eigenvalue weighted by Crippen LogP contribution is -2.42. The third-order valence-electron chi connectivity index (χ3n) is 6.14. The van der Waals surface area contributed by atoms with E-state index in [-0.39, 0.29) is 35.4 Å². The van der Waals surface area contributed by atoms with Crippen molar-refractivity contribution in [2.45, 2.75) is 25.0 Å². The smallest absolute Gasteiger partial charge is 0.242 e. The van der Waals surface area contributed by atoms with Crippen LogP contribution in [0.4, 0.5) is 0 Å². The Kier molecular flexibility index (Phi) is 5.98. The molecule has 0 spiro atoms. The highest BCUT2D eigenvalue weighted by Crippen LogP contribution is 2.49. The van der Waals surface area contributed by atoms with Gasteiger partial charge in [-0.3, -0.25) is 4.79 Å². The predicted octanol–water partition coefficient (Wildman–Crippen LogP) is 2.43. The SMILES string of the molecule is COCCN1C(=O)C2NNC(c3cc(Cl)c(C)cc3O)C2C1c1ccc(O)c(OC)c1. The maximum Gasteiger partial charge on any atom is 0.242 e. The monoisotopic (exact) mass is 447 g/mol. The molecule has 4 unspecified atom stereocenters. The first-order valence-corrected chi connectivity index (χ1v) is 10.4. The highest BCUT2D eigenvalue weighted by molar-refractivity contribution is 6.31. The largest absolute Gasteiger partial charge is 0.508 e. The predicted molar refractivity (Wildman–Crippen MR) is 115 cm³/mol. The van der Waals surface area contributed by atoms with E-state index in [1.807, 2.05) is 6.92 Å². The zero-order valence-corrected chi connectivity index (χ0v) is 18.3. The van der Waals surface area contributed by atoms with Crippen LogP contribution in [0, 0.1) is 12.8 Å². The average molecular weight is 448 g/mol. The molecule has 2 heterocycles. The highest BCUT2D eigenvalue weighted by Gasteiger charge is 2.55. The molecular weight excluding hydrogens is 422 g/mol. The Morgan fingerprint density at radius 2 is 1.84 bits per heavy atom. The summed E-state index contributed by atoms with van der Waals surface area (Å²) >= 11 is 6.35. The van der Waals surface area contributed by atoms with Crippen LogP contribution < -0.4 is 15.6 Å². The molecule has 2 aromatic carbocycles. The Morgan fingerprint density at radius 3 is 2.55 bits per heavy atom. The van der Waals surface area contributed by atoms with E-state index < -0.39 is 6.04 Å². The van der Waals surface area contributed by atoms with Crippen molar-refractivity contribution in [1.82, 2.24) is 15.8 Å². The summed E-state index contributed by atoms with van der Waals surface area (Å²) in [6, 6.07) is 7.26. The summed E-state index contributed by atoms with van der Waals surface area (Å²) in [6.07, 6.45) is 0. The molecule has 0 saturated carbocycles. The number of likely N-dealkylation sites (tertiary alicyclic amines) is 1. The van der Waals surface area contributed by atoms with Crippen molar-refractivity contribution in [3.05, 3.63) is 52.0 Å². The van der Waals surface area contributed by atoms with Gasteiger partial charge in [0, 0.05) is 30.2 Å². The number of halogens is 1. The molecule has 4 rings (SSSR count). The maximum atomic E-state index is 13.3. The van der Waals surface area contributed by atoms with Gasteiger partial charge in [-0.2, -0.15) is 0 Å². The number of aryl methyl sites for hydroxylation is 1. The Bertz CT molecular complexity index is 1000. The molecule has 2 aliphatic rings. The molecule has 0 aromatic heterocycles. The molecule has 0 radical (unpaired) electrons. The van der Waals surface area contributed by atoms with Gasteiger partial charge in [-0.25, -0.2) is 10.9 Å². The van der Waals surface area contributed by atoms with Crippen LogP contribution in [-0.4, -0.2) is 54.4 Å². The van der Waals surface area contributed by atoms with Gasteiger partial charge in [0.2, 0.25) is 5.91 Å². The van der Waals surface area contributed by atoms with Crippen LogP contribution >= 0.6 is 11.6 Å². The highest BCUT2D eigenvalue weighted by atomic mass is 35.5. The van der Waals surface area contributed by atoms with Crippen LogP contribution in [-0.2, 0) is 9.53 Å². The number of hydrogen-bond donors (Lipinski definition) is 4. The van der Waals surface area contributed by atoms with Gasteiger partial charge in [0.25, 0.3) is 0 Å². The lowest BCUT2D eigenvalue weighted by atomic mass is 9.83. The number of phenols is 2. The van der Waals surface area contributed by atoms with Gasteiger partial charge in [-0.15, -0.1) is 0 Å². The van der Waals surface area contributed by atoms with Gasteiger partial charge >= 0.3 is 0 Å². The fourth-order valence-electron chi connectivity index (χ4n) is 4.61. The van der Waals surface area contributed by atoms with E-state index in [0.717, 1.165) is 11.1 Å². The lowest BCUT2D eigenvalue weighted by molar-refractivity contribution is -0.131. The molecule has 4 atom stereocenters. The number of aromatic hydroxyl groups is 2. The first kappa shape index (κ1) is 21.7. The summed E-state index contributed by atoms with van der Waals surface area (Å²) in [4.78, 5) is 15.1. The topological polar surface area (TPSA) is 103 Å². The second kappa shape index (κ2) is 8.55. The van der Waals surface area contributed by atoms with Crippen molar-refractivity contribution in [2.24, 2.45) is 5.92 Å². The van der Waals surface area contributed by atoms with E-state index in [1.165, 1.54) is 7.11 Å². The molecular formula is C22H26ClN3O5. The van der Waals surface area contributed by atoms with Crippen molar-refractivity contribution in [1.29, 1.82) is 0 Å². The quantitative estimate of drug-likeness (QED) is 0.539. The molecule has 0 bridgehead atoms. The number of fused-ring (bicyclic) bond motifs is 1. The Balaban J connectivity index is 1.80. The van der Waals surface area contributed by atoms with Gasteiger partial charge in [-0.1, -0.05) is 17.7 Å². The van der Waals surface area contributed by atoms with Gasteiger partial charge in [-0.05, 0) is 42.3 Å². The van der Waals surface area contributed by atoms with Crippen molar-refractivity contribution < 1.29 is 24.5 Å². The second-order valence-corrected chi connectivity index (χ2v) is 8.29. The summed E-state index contributed by atoms with van der Waals surface area (Å²) in [7, 11) is 3.08. The van der Waals surface area contributed by atoms with Gasteiger partial charge < -0.3 is 24.6 Å². The summed E-state index contributed by atoms with van der Waals surface area (Å²) in [5.74, 6) is 0.163. The molecule has 31 heavy (non-hydrogen) atoms. The normalized spacial score (nSPS) is 25.2. The fraction of sp³-hybridized carbons (Fsp3) is 0.409. The zero-order chi connectivity index (χ0) is 22.3. The van der Waals surface area contributed by atoms with E-state index in [0.29, 0.717) is 29.5 Å². The van der Waals surface area contributed by atoms with Crippen LogP contribution in [0.3, 0.4) is 0 Å². The molecule has 0 aliphatic carbocycles. The minimum absolute atomic E-state index is 0.0257. The summed E-state index contributed by atoms with van der Waals surface area (Å²) in [5.41, 5.74) is 8.50. The standard InChI is InChI=1S/C22H26ClN3O5/c1-11-8-16(28)13(10-14(11)23)19-18-20(25-24-19)22(29)26(6-7-30-2)21(18)12-4-5-15(27)17(9-12)31-3/h4-5,8-10,18-21,24-25,27-28H,6-7H2,1-3H3. The number of amides is 1. The van der Waals surface area contributed by atoms with E-state index >= 15 is 0 Å². The number of hydrazine groups is 1. The number of ether oxygens (including phenoxy) is 2. The summed E-state index contributed by atoms with van der Waals surface area (Å²) < 4.78 is 10.5. The molecule has 2 aliphatic heterocycles. The first-order chi connectivity index (χ1) is 14.9. The summed E-state index contributed by atoms with van der Waals surface area (Å²) in [6.45, 7) is 2.62. The van der Waals surface area contributed by atoms with Crippen LogP contribution in [0.25, 0.3) is 0 Å². The molecule has 166 valence electrons. The van der Waals surface area contributed by atoms with Gasteiger partial charge in [0.05, 0.1) is 25.8 Å². The van der Waals surface area contributed by atoms with Crippen molar-refractivity contribution in [2.75, 3.05) is 27.4 Å². The van der Waals surface area contributed by atoms with Gasteiger partial charge in [0.1, 0.15) is 11.8 Å². The van der Waals surface area contributed by atoms with Crippen LogP contribution in [0.1, 0.15) is 28.8 Å². The third kappa shape index (κ3) is 3.70. The number of rotatable bonds is 6. The molecule has 2 aromatic rings. The van der Waals surface area contributed by atoms with Crippen LogP contribution in [0.2, 0.25) is 5.02 Å². The number of nitrogens with zero attached hydrogens (tertiary/aromatic N) is 1. The van der Waals surface area contributed by atoms with Crippen molar-refractivity contribution in [3.8, 4) is 17.2 Å². The van der Waals surface area contributed by atoms with Crippen molar-refractivity contribution >= 4 is 17.5 Å². The summed E-state index contributed by atoms with van der Waals surface area (Å²) in [5, 5.41) is 21.2. The minimum Gasteiger partial charge on any atom is -0.508 e.